The van der Waals surface area contributed by atoms with Gasteiger partial charge in [-0.05, 0) is 51.5 Å². The fourth-order valence-electron chi connectivity index (χ4n) is 3.64. The molecule has 1 fully saturated rings. The van der Waals surface area contributed by atoms with E-state index in [1.807, 2.05) is 44.2 Å². The van der Waals surface area contributed by atoms with E-state index in [9.17, 15) is 18.0 Å². The predicted octanol–water partition coefficient (Wildman–Crippen LogP) is 2.23. The topological polar surface area (TPSA) is 92.3 Å². The Bertz CT molecular complexity index is 747. The summed E-state index contributed by atoms with van der Waals surface area (Å²) in [6, 6.07) is 9.66. The Hall–Kier alpha value is -1.89. The number of amides is 2. The van der Waals surface area contributed by atoms with E-state index >= 15 is 0 Å². The van der Waals surface area contributed by atoms with Crippen LogP contribution in [0.15, 0.2) is 30.3 Å². The van der Waals surface area contributed by atoms with Crippen LogP contribution in [0.25, 0.3) is 0 Å². The van der Waals surface area contributed by atoms with Crippen molar-refractivity contribution in [3.63, 3.8) is 0 Å². The van der Waals surface area contributed by atoms with E-state index in [2.05, 4.69) is 10.6 Å². The molecule has 1 aliphatic carbocycles. The Morgan fingerprint density at radius 1 is 1.14 bits per heavy atom. The molecule has 2 amide bonds. The van der Waals surface area contributed by atoms with E-state index in [1.54, 1.807) is 0 Å². The van der Waals surface area contributed by atoms with Gasteiger partial charge in [-0.1, -0.05) is 36.8 Å². The lowest BCUT2D eigenvalue weighted by Gasteiger charge is -2.29. The second kappa shape index (κ2) is 10.6. The Labute approximate surface area is 168 Å². The summed E-state index contributed by atoms with van der Waals surface area (Å²) in [7, 11) is -3.44. The van der Waals surface area contributed by atoms with E-state index in [0.29, 0.717) is 19.3 Å². The number of carbonyl (C=O) groups excluding carboxylic acids is 2. The first kappa shape index (κ1) is 22.4. The molecule has 1 aromatic carbocycles. The molecule has 1 aromatic rings. The molecule has 0 heterocycles. The SMILES string of the molecule is CC(C)NC(=O)C1CCCC(NC(=O)CS(=O)(=O)CCCc2ccccc2)C1. The Morgan fingerprint density at radius 3 is 2.54 bits per heavy atom. The van der Waals surface area contributed by atoms with Gasteiger partial charge in [-0.15, -0.1) is 0 Å². The summed E-state index contributed by atoms with van der Waals surface area (Å²) in [4.78, 5) is 24.4. The van der Waals surface area contributed by atoms with Gasteiger partial charge in [0.1, 0.15) is 5.75 Å². The maximum Gasteiger partial charge on any atom is 0.235 e. The minimum absolute atomic E-state index is 0.000595. The van der Waals surface area contributed by atoms with Gasteiger partial charge in [0.2, 0.25) is 11.8 Å². The minimum atomic E-state index is -3.44. The summed E-state index contributed by atoms with van der Waals surface area (Å²) in [6.07, 6.45) is 4.19. The molecule has 7 heteroatoms. The summed E-state index contributed by atoms with van der Waals surface area (Å²) in [5, 5.41) is 5.74. The highest BCUT2D eigenvalue weighted by Gasteiger charge is 2.29. The summed E-state index contributed by atoms with van der Waals surface area (Å²) >= 11 is 0. The first-order valence-electron chi connectivity index (χ1n) is 10.1. The van der Waals surface area contributed by atoms with E-state index in [0.717, 1.165) is 24.8 Å². The Kier molecular flexibility index (Phi) is 8.48. The van der Waals surface area contributed by atoms with Crippen molar-refractivity contribution >= 4 is 21.7 Å². The zero-order chi connectivity index (χ0) is 20.6. The number of benzene rings is 1. The van der Waals surface area contributed by atoms with E-state index in [-0.39, 0.29) is 29.7 Å². The zero-order valence-corrected chi connectivity index (χ0v) is 17.6. The van der Waals surface area contributed by atoms with Crippen LogP contribution in [0.2, 0.25) is 0 Å². The van der Waals surface area contributed by atoms with Gasteiger partial charge in [0.05, 0.1) is 5.75 Å². The molecule has 2 rings (SSSR count). The average molecular weight is 409 g/mol. The van der Waals surface area contributed by atoms with Crippen molar-refractivity contribution in [3.8, 4) is 0 Å². The van der Waals surface area contributed by atoms with Crippen LogP contribution in [0.4, 0.5) is 0 Å². The van der Waals surface area contributed by atoms with Gasteiger partial charge in [-0.3, -0.25) is 9.59 Å². The van der Waals surface area contributed by atoms with Crippen molar-refractivity contribution in [2.75, 3.05) is 11.5 Å². The lowest BCUT2D eigenvalue weighted by molar-refractivity contribution is -0.127. The second-order valence-electron chi connectivity index (χ2n) is 7.97. The van der Waals surface area contributed by atoms with Gasteiger partial charge in [-0.25, -0.2) is 8.42 Å². The molecule has 1 saturated carbocycles. The zero-order valence-electron chi connectivity index (χ0n) is 16.8. The number of carbonyl (C=O) groups is 2. The molecule has 0 aromatic heterocycles. The quantitative estimate of drug-likeness (QED) is 0.655. The number of sulfone groups is 1. The van der Waals surface area contributed by atoms with Crippen LogP contribution >= 0.6 is 0 Å². The van der Waals surface area contributed by atoms with Gasteiger partial charge in [0.25, 0.3) is 0 Å². The molecule has 0 saturated heterocycles. The predicted molar refractivity (Wildman–Crippen MR) is 111 cm³/mol. The standard InChI is InChI=1S/C21H32N2O4S/c1-16(2)22-21(25)18-11-6-12-19(14-18)23-20(24)15-28(26,27)13-7-10-17-8-4-3-5-9-17/h3-5,8-9,16,18-19H,6-7,10-15H2,1-2H3,(H,22,25)(H,23,24). The summed E-state index contributed by atoms with van der Waals surface area (Å²) in [6.45, 7) is 3.84. The molecule has 2 unspecified atom stereocenters. The molecule has 156 valence electrons. The van der Waals surface area contributed by atoms with Crippen LogP contribution in [-0.2, 0) is 25.8 Å². The fraction of sp³-hybridized carbons (Fsp3) is 0.619. The van der Waals surface area contributed by atoms with Crippen molar-refractivity contribution < 1.29 is 18.0 Å². The third-order valence-corrected chi connectivity index (χ3v) is 6.57. The number of rotatable bonds is 9. The van der Waals surface area contributed by atoms with Crippen LogP contribution in [0.5, 0.6) is 0 Å². The second-order valence-corrected chi connectivity index (χ2v) is 10.2. The lowest BCUT2D eigenvalue weighted by Crippen LogP contribution is -2.45. The van der Waals surface area contributed by atoms with Crippen molar-refractivity contribution in [2.45, 2.75) is 64.5 Å². The highest BCUT2D eigenvalue weighted by Crippen LogP contribution is 2.24. The normalized spacial score (nSPS) is 20.0. The van der Waals surface area contributed by atoms with Crippen LogP contribution in [0.3, 0.4) is 0 Å². The summed E-state index contributed by atoms with van der Waals surface area (Å²) in [5.74, 6) is -1.05. The minimum Gasteiger partial charge on any atom is -0.354 e. The maximum atomic E-state index is 12.2. The Morgan fingerprint density at radius 2 is 1.86 bits per heavy atom. The molecular weight excluding hydrogens is 376 g/mol. The van der Waals surface area contributed by atoms with Crippen molar-refractivity contribution in [3.05, 3.63) is 35.9 Å². The van der Waals surface area contributed by atoms with Crippen molar-refractivity contribution in [2.24, 2.45) is 5.92 Å². The number of hydrogen-bond acceptors (Lipinski definition) is 4. The first-order valence-corrected chi connectivity index (χ1v) is 11.9. The Balaban J connectivity index is 1.76. The van der Waals surface area contributed by atoms with E-state index in [1.165, 1.54) is 0 Å². The van der Waals surface area contributed by atoms with E-state index < -0.39 is 21.5 Å². The molecule has 2 atom stereocenters. The molecule has 0 radical (unpaired) electrons. The van der Waals surface area contributed by atoms with Gasteiger partial charge in [0, 0.05) is 18.0 Å². The smallest absolute Gasteiger partial charge is 0.235 e. The molecule has 0 bridgehead atoms. The third-order valence-electron chi connectivity index (χ3n) is 4.96. The van der Waals surface area contributed by atoms with Crippen molar-refractivity contribution in [1.29, 1.82) is 0 Å². The van der Waals surface area contributed by atoms with Crippen LogP contribution < -0.4 is 10.6 Å². The van der Waals surface area contributed by atoms with Gasteiger partial charge in [-0.2, -0.15) is 0 Å². The van der Waals surface area contributed by atoms with Crippen LogP contribution in [-0.4, -0.2) is 43.8 Å². The first-order chi connectivity index (χ1) is 13.2. The highest BCUT2D eigenvalue weighted by molar-refractivity contribution is 7.92. The molecule has 0 aliphatic heterocycles. The summed E-state index contributed by atoms with van der Waals surface area (Å²) in [5.41, 5.74) is 1.09. The molecule has 1 aliphatic rings. The summed E-state index contributed by atoms with van der Waals surface area (Å²) < 4.78 is 24.5. The lowest BCUT2D eigenvalue weighted by atomic mass is 9.85. The molecule has 0 spiro atoms. The number of hydrogen-bond donors (Lipinski definition) is 2. The fourth-order valence-corrected chi connectivity index (χ4v) is 4.85. The molecule has 28 heavy (non-hydrogen) atoms. The third kappa shape index (κ3) is 8.00. The van der Waals surface area contributed by atoms with Crippen LogP contribution in [0, 0.1) is 5.92 Å². The number of nitrogens with one attached hydrogen (secondary N) is 2. The van der Waals surface area contributed by atoms with Gasteiger partial charge < -0.3 is 10.6 Å². The van der Waals surface area contributed by atoms with E-state index in [4.69, 9.17) is 0 Å². The average Bonchev–Trinajstić information content (AvgIpc) is 2.61. The maximum absolute atomic E-state index is 12.2. The molecule has 6 nitrogen and oxygen atoms in total. The van der Waals surface area contributed by atoms with Crippen LogP contribution in [0.1, 0.15) is 51.5 Å². The molecular formula is C21H32N2O4S. The highest BCUT2D eigenvalue weighted by atomic mass is 32.2. The number of aryl methyl sites for hydroxylation is 1. The van der Waals surface area contributed by atoms with Crippen molar-refractivity contribution in [1.82, 2.24) is 10.6 Å². The molecule has 2 N–H and O–H groups in total. The van der Waals surface area contributed by atoms with Gasteiger partial charge in [0.15, 0.2) is 9.84 Å². The largest absolute Gasteiger partial charge is 0.354 e. The van der Waals surface area contributed by atoms with Gasteiger partial charge >= 0.3 is 0 Å². The monoisotopic (exact) mass is 408 g/mol.